The molecule has 2 heterocycles. The average molecular weight is 267 g/mol. The molecule has 7 heteroatoms. The van der Waals surface area contributed by atoms with E-state index in [-0.39, 0.29) is 17.5 Å². The highest BCUT2D eigenvalue weighted by Gasteiger charge is 2.28. The summed E-state index contributed by atoms with van der Waals surface area (Å²) in [4.78, 5) is 4.24. The average Bonchev–Trinajstić information content (AvgIpc) is 2.81. The highest BCUT2D eigenvalue weighted by Crippen LogP contribution is 2.23. The molecule has 3 rings (SSSR count). The molecule has 0 aliphatic carbocycles. The van der Waals surface area contributed by atoms with E-state index < -0.39 is 9.84 Å². The van der Waals surface area contributed by atoms with Crippen LogP contribution < -0.4 is 11.1 Å². The van der Waals surface area contributed by atoms with E-state index >= 15 is 0 Å². The summed E-state index contributed by atoms with van der Waals surface area (Å²) in [5.74, 6) is 0.353. The largest absolute Gasteiger partial charge is 0.423 e. The van der Waals surface area contributed by atoms with E-state index in [2.05, 4.69) is 10.3 Å². The molecule has 18 heavy (non-hydrogen) atoms. The number of nitrogen functional groups attached to an aromatic ring is 1. The Bertz CT molecular complexity index is 693. The number of nitrogens with two attached hydrogens (primary N) is 1. The number of oxazole rings is 1. The van der Waals surface area contributed by atoms with Gasteiger partial charge in [-0.1, -0.05) is 0 Å². The van der Waals surface area contributed by atoms with Gasteiger partial charge in [-0.25, -0.2) is 8.42 Å². The summed E-state index contributed by atoms with van der Waals surface area (Å²) >= 11 is 0. The summed E-state index contributed by atoms with van der Waals surface area (Å²) in [7, 11) is -2.90. The van der Waals surface area contributed by atoms with E-state index in [0.29, 0.717) is 29.2 Å². The fraction of sp³-hybridized carbons (Fsp3) is 0.364. The molecule has 6 nitrogen and oxygen atoms in total. The topological polar surface area (TPSA) is 98.2 Å². The Morgan fingerprint density at radius 1 is 1.44 bits per heavy atom. The molecular formula is C11H13N3O3S. The van der Waals surface area contributed by atoms with Crippen molar-refractivity contribution in [2.75, 3.05) is 22.6 Å². The van der Waals surface area contributed by atoms with Crippen molar-refractivity contribution < 1.29 is 12.8 Å². The van der Waals surface area contributed by atoms with E-state index in [1.54, 1.807) is 18.2 Å². The van der Waals surface area contributed by atoms with Gasteiger partial charge in [0.15, 0.2) is 15.4 Å². The van der Waals surface area contributed by atoms with E-state index in [4.69, 9.17) is 10.2 Å². The Hall–Kier alpha value is -1.76. The molecule has 96 valence electrons. The molecule has 2 aromatic rings. The SMILES string of the molecule is Nc1ccc2nc(NC3CCS(=O)(=O)C3)oc2c1. The Balaban J connectivity index is 1.83. The van der Waals surface area contributed by atoms with Crippen molar-refractivity contribution in [3.8, 4) is 0 Å². The molecule has 0 bridgehead atoms. The molecule has 0 saturated carbocycles. The maximum absolute atomic E-state index is 11.3. The van der Waals surface area contributed by atoms with Crippen molar-refractivity contribution in [2.24, 2.45) is 0 Å². The van der Waals surface area contributed by atoms with Crippen molar-refractivity contribution >= 4 is 32.6 Å². The molecule has 3 N–H and O–H groups in total. The van der Waals surface area contributed by atoms with Crippen molar-refractivity contribution in [3.05, 3.63) is 18.2 Å². The summed E-state index contributed by atoms with van der Waals surface area (Å²) in [6.45, 7) is 0. The van der Waals surface area contributed by atoms with Crippen LogP contribution in [0.5, 0.6) is 0 Å². The molecule has 1 unspecified atom stereocenters. The van der Waals surface area contributed by atoms with E-state index in [1.807, 2.05) is 0 Å². The third-order valence-electron chi connectivity index (χ3n) is 2.97. The van der Waals surface area contributed by atoms with Crippen molar-refractivity contribution in [1.29, 1.82) is 0 Å². The smallest absolute Gasteiger partial charge is 0.295 e. The summed E-state index contributed by atoms with van der Waals surface area (Å²) in [6.07, 6.45) is 0.587. The van der Waals surface area contributed by atoms with Crippen LogP contribution >= 0.6 is 0 Å². The number of aromatic nitrogens is 1. The van der Waals surface area contributed by atoms with Crippen LogP contribution in [0.3, 0.4) is 0 Å². The van der Waals surface area contributed by atoms with Gasteiger partial charge in [0.25, 0.3) is 6.01 Å². The molecule has 1 aromatic carbocycles. The van der Waals surface area contributed by atoms with Crippen molar-refractivity contribution in [2.45, 2.75) is 12.5 Å². The number of rotatable bonds is 2. The summed E-state index contributed by atoms with van der Waals surface area (Å²) in [5.41, 5.74) is 7.55. The predicted octanol–water partition coefficient (Wildman–Crippen LogP) is 1.01. The molecule has 1 aliphatic rings. The lowest BCUT2D eigenvalue weighted by Gasteiger charge is -2.06. The van der Waals surface area contributed by atoms with Crippen molar-refractivity contribution in [3.63, 3.8) is 0 Å². The van der Waals surface area contributed by atoms with E-state index in [0.717, 1.165) is 0 Å². The molecule has 1 aliphatic heterocycles. The molecule has 0 radical (unpaired) electrons. The fourth-order valence-electron chi connectivity index (χ4n) is 2.09. The van der Waals surface area contributed by atoms with Crippen LogP contribution in [0.2, 0.25) is 0 Å². The third kappa shape index (κ3) is 2.13. The first-order chi connectivity index (χ1) is 8.52. The minimum Gasteiger partial charge on any atom is -0.423 e. The number of benzene rings is 1. The standard InChI is InChI=1S/C11H13N3O3S/c12-7-1-2-9-10(5-7)17-11(14-9)13-8-3-4-18(15,16)6-8/h1-2,5,8H,3-4,6,12H2,(H,13,14). The summed E-state index contributed by atoms with van der Waals surface area (Å²) in [6, 6.07) is 5.43. The van der Waals surface area contributed by atoms with Crippen LogP contribution in [0.4, 0.5) is 11.7 Å². The molecule has 1 fully saturated rings. The second kappa shape index (κ2) is 3.88. The first-order valence-electron chi connectivity index (χ1n) is 5.65. The maximum Gasteiger partial charge on any atom is 0.295 e. The number of hydrogen-bond donors (Lipinski definition) is 2. The van der Waals surface area contributed by atoms with Gasteiger partial charge in [-0.2, -0.15) is 4.98 Å². The summed E-state index contributed by atoms with van der Waals surface area (Å²) in [5, 5.41) is 3.01. The monoisotopic (exact) mass is 267 g/mol. The van der Waals surface area contributed by atoms with Gasteiger partial charge in [-0.15, -0.1) is 0 Å². The Labute approximate surface area is 104 Å². The molecular weight excluding hydrogens is 254 g/mol. The van der Waals surface area contributed by atoms with Gasteiger partial charge in [0.2, 0.25) is 0 Å². The van der Waals surface area contributed by atoms with Crippen molar-refractivity contribution in [1.82, 2.24) is 4.98 Å². The first kappa shape index (κ1) is 11.3. The van der Waals surface area contributed by atoms with Crippen LogP contribution in [0.25, 0.3) is 11.1 Å². The zero-order valence-corrected chi connectivity index (χ0v) is 10.4. The highest BCUT2D eigenvalue weighted by atomic mass is 32.2. The van der Waals surface area contributed by atoms with Gasteiger partial charge in [0.05, 0.1) is 11.5 Å². The number of fused-ring (bicyclic) bond motifs is 1. The Morgan fingerprint density at radius 2 is 2.28 bits per heavy atom. The zero-order chi connectivity index (χ0) is 12.8. The van der Waals surface area contributed by atoms with E-state index in [9.17, 15) is 8.42 Å². The molecule has 1 aromatic heterocycles. The fourth-order valence-corrected chi connectivity index (χ4v) is 3.76. The van der Waals surface area contributed by atoms with Crippen LogP contribution in [-0.4, -0.2) is 30.9 Å². The van der Waals surface area contributed by atoms with Gasteiger partial charge in [0, 0.05) is 17.8 Å². The second-order valence-electron chi connectivity index (χ2n) is 4.49. The lowest BCUT2D eigenvalue weighted by atomic mass is 10.3. The van der Waals surface area contributed by atoms with Gasteiger partial charge in [-0.3, -0.25) is 0 Å². The maximum atomic E-state index is 11.3. The quantitative estimate of drug-likeness (QED) is 0.788. The molecule has 1 saturated heterocycles. The van der Waals surface area contributed by atoms with Gasteiger partial charge < -0.3 is 15.5 Å². The first-order valence-corrected chi connectivity index (χ1v) is 7.47. The molecule has 0 amide bonds. The lowest BCUT2D eigenvalue weighted by molar-refractivity contribution is 0.597. The highest BCUT2D eigenvalue weighted by molar-refractivity contribution is 7.91. The Kier molecular flexibility index (Phi) is 2.44. The minimum absolute atomic E-state index is 0.125. The molecule has 1 atom stereocenters. The number of nitrogens with zero attached hydrogens (tertiary/aromatic N) is 1. The van der Waals surface area contributed by atoms with Gasteiger partial charge in [0.1, 0.15) is 5.52 Å². The normalized spacial score (nSPS) is 22.3. The number of sulfone groups is 1. The van der Waals surface area contributed by atoms with Crippen LogP contribution in [0.15, 0.2) is 22.6 Å². The Morgan fingerprint density at radius 3 is 3.00 bits per heavy atom. The lowest BCUT2D eigenvalue weighted by Crippen LogP contribution is -2.20. The van der Waals surface area contributed by atoms with Gasteiger partial charge >= 0.3 is 0 Å². The van der Waals surface area contributed by atoms with Crippen LogP contribution in [0, 0.1) is 0 Å². The number of nitrogens with one attached hydrogen (secondary N) is 1. The second-order valence-corrected chi connectivity index (χ2v) is 6.72. The van der Waals surface area contributed by atoms with Crippen LogP contribution in [-0.2, 0) is 9.84 Å². The number of hydrogen-bond acceptors (Lipinski definition) is 6. The summed E-state index contributed by atoms with van der Waals surface area (Å²) < 4.78 is 28.2. The van der Waals surface area contributed by atoms with Gasteiger partial charge in [-0.05, 0) is 18.6 Å². The minimum atomic E-state index is -2.90. The third-order valence-corrected chi connectivity index (χ3v) is 4.74. The number of anilines is 2. The van der Waals surface area contributed by atoms with Crippen LogP contribution in [0.1, 0.15) is 6.42 Å². The van der Waals surface area contributed by atoms with E-state index in [1.165, 1.54) is 0 Å². The zero-order valence-electron chi connectivity index (χ0n) is 9.59. The predicted molar refractivity (Wildman–Crippen MR) is 69.1 cm³/mol. The molecule has 0 spiro atoms.